The van der Waals surface area contributed by atoms with Gasteiger partial charge in [0.25, 0.3) is 0 Å². The van der Waals surface area contributed by atoms with E-state index in [4.69, 9.17) is 0 Å². The van der Waals surface area contributed by atoms with Gasteiger partial charge in [0.1, 0.15) is 5.82 Å². The lowest BCUT2D eigenvalue weighted by atomic mass is 10.1. The Kier molecular flexibility index (Phi) is 5.55. The smallest absolute Gasteiger partial charge is 0.322 e. The van der Waals surface area contributed by atoms with E-state index < -0.39 is 5.82 Å². The van der Waals surface area contributed by atoms with Crippen LogP contribution in [0.4, 0.5) is 14.9 Å². The molecule has 156 valence electrons. The quantitative estimate of drug-likeness (QED) is 0.671. The number of rotatable bonds is 4. The van der Waals surface area contributed by atoms with Gasteiger partial charge in [-0.1, -0.05) is 30.3 Å². The number of fused-ring (bicyclic) bond motifs is 1. The van der Waals surface area contributed by atoms with E-state index in [9.17, 15) is 14.0 Å². The summed E-state index contributed by atoms with van der Waals surface area (Å²) in [6.07, 6.45) is 0. The third kappa shape index (κ3) is 3.80. The lowest BCUT2D eigenvalue weighted by molar-refractivity contribution is 0.0884. The second-order valence-electron chi connectivity index (χ2n) is 7.63. The molecule has 0 atom stereocenters. The number of hydrogen-bond acceptors (Lipinski definition) is 3. The Labute approximate surface area is 174 Å². The number of carbonyl (C=O) groups is 2. The minimum Gasteiger partial charge on any atom is -0.347 e. The predicted molar refractivity (Wildman–Crippen MR) is 115 cm³/mol. The number of piperazine rings is 1. The number of hydrogen-bond donors (Lipinski definition) is 1. The van der Waals surface area contributed by atoms with Gasteiger partial charge in [0, 0.05) is 55.4 Å². The Hall–Kier alpha value is -3.19. The molecule has 0 bridgehead atoms. The molecule has 1 N–H and O–H groups in total. The number of nitrogens with one attached hydrogen (secondary N) is 1. The largest absolute Gasteiger partial charge is 0.347 e. The van der Waals surface area contributed by atoms with Crippen molar-refractivity contribution in [1.29, 1.82) is 0 Å². The highest BCUT2D eigenvalue weighted by atomic mass is 19.1. The van der Waals surface area contributed by atoms with Gasteiger partial charge < -0.3 is 14.8 Å². The molecule has 0 spiro atoms. The monoisotopic (exact) mass is 408 g/mol. The molecule has 2 amide bonds. The number of benzene rings is 2. The average molecular weight is 408 g/mol. The van der Waals surface area contributed by atoms with Crippen LogP contribution in [0.3, 0.4) is 0 Å². The third-order valence-electron chi connectivity index (χ3n) is 5.82. The number of anilines is 1. The fourth-order valence-corrected chi connectivity index (χ4v) is 4.02. The molecule has 0 saturated carbocycles. The van der Waals surface area contributed by atoms with Crippen LogP contribution in [0.2, 0.25) is 0 Å². The standard InChI is InChI=1S/C23H25FN4O2/c1-16-22(17-7-3-6-10-20(17)26(16)2)21(29)15-27-11-13-28(14-12-27)23(30)25-19-9-5-4-8-18(19)24/h3-10H,11-15H2,1-2H3,(H,25,30). The van der Waals surface area contributed by atoms with Gasteiger partial charge in [0.15, 0.2) is 5.78 Å². The summed E-state index contributed by atoms with van der Waals surface area (Å²) in [7, 11) is 1.97. The van der Waals surface area contributed by atoms with Crippen molar-refractivity contribution in [2.24, 2.45) is 7.05 Å². The number of Topliss-reactive ketones (excluding diaryl/α,β-unsaturated/α-hetero) is 1. The summed E-state index contributed by atoms with van der Waals surface area (Å²) in [6.45, 7) is 4.46. The van der Waals surface area contributed by atoms with E-state index >= 15 is 0 Å². The van der Waals surface area contributed by atoms with Gasteiger partial charge in [0.05, 0.1) is 12.2 Å². The first-order valence-corrected chi connectivity index (χ1v) is 10.1. The molecule has 0 radical (unpaired) electrons. The molecule has 1 saturated heterocycles. The van der Waals surface area contributed by atoms with Crippen LogP contribution in [0.15, 0.2) is 48.5 Å². The summed E-state index contributed by atoms with van der Waals surface area (Å²) in [6, 6.07) is 13.7. The number of ketones is 1. The first-order chi connectivity index (χ1) is 14.5. The molecular formula is C23H25FN4O2. The Morgan fingerprint density at radius 1 is 1.00 bits per heavy atom. The molecule has 6 nitrogen and oxygen atoms in total. The van der Waals surface area contributed by atoms with Gasteiger partial charge in [-0.25, -0.2) is 9.18 Å². The van der Waals surface area contributed by atoms with Crippen LogP contribution < -0.4 is 5.32 Å². The predicted octanol–water partition coefficient (Wildman–Crippen LogP) is 3.66. The highest BCUT2D eigenvalue weighted by Gasteiger charge is 2.25. The minimum absolute atomic E-state index is 0.0913. The maximum Gasteiger partial charge on any atom is 0.322 e. The van der Waals surface area contributed by atoms with Gasteiger partial charge in [0.2, 0.25) is 0 Å². The molecule has 3 aromatic rings. The van der Waals surface area contributed by atoms with Gasteiger partial charge in [-0.15, -0.1) is 0 Å². The number of carbonyl (C=O) groups excluding carboxylic acids is 2. The molecule has 1 fully saturated rings. The fraction of sp³-hybridized carbons (Fsp3) is 0.304. The summed E-state index contributed by atoms with van der Waals surface area (Å²) in [5, 5.41) is 3.59. The van der Waals surface area contributed by atoms with Gasteiger partial charge >= 0.3 is 6.03 Å². The van der Waals surface area contributed by atoms with E-state index in [2.05, 4.69) is 10.2 Å². The fourth-order valence-electron chi connectivity index (χ4n) is 4.02. The van der Waals surface area contributed by atoms with Crippen LogP contribution >= 0.6 is 0 Å². The lowest BCUT2D eigenvalue weighted by Crippen LogP contribution is -2.51. The summed E-state index contributed by atoms with van der Waals surface area (Å²) in [4.78, 5) is 29.2. The molecule has 4 rings (SSSR count). The van der Waals surface area contributed by atoms with E-state index in [1.54, 1.807) is 17.0 Å². The molecule has 1 aromatic heterocycles. The van der Waals surface area contributed by atoms with E-state index in [1.807, 2.05) is 42.8 Å². The summed E-state index contributed by atoms with van der Waals surface area (Å²) in [5.74, 6) is -0.367. The number of halogens is 1. The maximum atomic E-state index is 13.7. The highest BCUT2D eigenvalue weighted by molar-refractivity contribution is 6.10. The van der Waals surface area contributed by atoms with Crippen LogP contribution in [0.1, 0.15) is 16.1 Å². The first kappa shape index (κ1) is 20.1. The number of urea groups is 1. The second kappa shape index (κ2) is 8.28. The van der Waals surface area contributed by atoms with Gasteiger partial charge in [-0.2, -0.15) is 0 Å². The molecule has 1 aliphatic rings. The van der Waals surface area contributed by atoms with Crippen molar-refractivity contribution in [2.45, 2.75) is 6.92 Å². The van der Waals surface area contributed by atoms with E-state index in [1.165, 1.54) is 12.1 Å². The van der Waals surface area contributed by atoms with Crippen molar-refractivity contribution >= 4 is 28.4 Å². The zero-order valence-electron chi connectivity index (χ0n) is 17.2. The Morgan fingerprint density at radius 2 is 1.67 bits per heavy atom. The number of aromatic nitrogens is 1. The number of aryl methyl sites for hydroxylation is 1. The van der Waals surface area contributed by atoms with E-state index in [0.717, 1.165) is 22.2 Å². The Balaban J connectivity index is 1.37. The zero-order chi connectivity index (χ0) is 21.3. The highest BCUT2D eigenvalue weighted by Crippen LogP contribution is 2.25. The van der Waals surface area contributed by atoms with E-state index in [0.29, 0.717) is 32.7 Å². The van der Waals surface area contributed by atoms with Gasteiger partial charge in [-0.3, -0.25) is 9.69 Å². The van der Waals surface area contributed by atoms with Crippen molar-refractivity contribution < 1.29 is 14.0 Å². The van der Waals surface area contributed by atoms with Crippen LogP contribution in [0.5, 0.6) is 0 Å². The molecule has 2 aromatic carbocycles. The van der Waals surface area contributed by atoms with Crippen molar-refractivity contribution in [3.8, 4) is 0 Å². The van der Waals surface area contributed by atoms with Crippen molar-refractivity contribution in [2.75, 3.05) is 38.0 Å². The van der Waals surface area contributed by atoms with Crippen LogP contribution in [0, 0.1) is 12.7 Å². The molecule has 2 heterocycles. The first-order valence-electron chi connectivity index (χ1n) is 10.1. The lowest BCUT2D eigenvalue weighted by Gasteiger charge is -2.34. The summed E-state index contributed by atoms with van der Waals surface area (Å²) < 4.78 is 15.8. The second-order valence-corrected chi connectivity index (χ2v) is 7.63. The molecule has 0 unspecified atom stereocenters. The summed E-state index contributed by atoms with van der Waals surface area (Å²) >= 11 is 0. The number of amides is 2. The molecule has 7 heteroatoms. The Morgan fingerprint density at radius 3 is 2.40 bits per heavy atom. The third-order valence-corrected chi connectivity index (χ3v) is 5.82. The van der Waals surface area contributed by atoms with Crippen molar-refractivity contribution in [3.05, 3.63) is 65.6 Å². The van der Waals surface area contributed by atoms with Crippen LogP contribution in [-0.2, 0) is 7.05 Å². The maximum absolute atomic E-state index is 13.7. The average Bonchev–Trinajstić information content (AvgIpc) is 3.01. The van der Waals surface area contributed by atoms with Crippen molar-refractivity contribution in [1.82, 2.24) is 14.4 Å². The molecule has 0 aliphatic carbocycles. The topological polar surface area (TPSA) is 57.6 Å². The van der Waals surface area contributed by atoms with Gasteiger partial charge in [-0.05, 0) is 25.1 Å². The SMILES string of the molecule is Cc1c(C(=O)CN2CCN(C(=O)Nc3ccccc3F)CC2)c2ccccc2n1C. The molecule has 1 aliphatic heterocycles. The molecular weight excluding hydrogens is 383 g/mol. The van der Waals surface area contributed by atoms with Crippen LogP contribution in [-0.4, -0.2) is 58.9 Å². The number of nitrogens with zero attached hydrogens (tertiary/aromatic N) is 3. The molecule has 30 heavy (non-hydrogen) atoms. The van der Waals surface area contributed by atoms with Crippen molar-refractivity contribution in [3.63, 3.8) is 0 Å². The minimum atomic E-state index is -0.458. The van der Waals surface area contributed by atoms with E-state index in [-0.39, 0.29) is 17.5 Å². The summed E-state index contributed by atoms with van der Waals surface area (Å²) in [5.41, 5.74) is 2.96. The normalized spacial score (nSPS) is 14.8. The number of para-hydroxylation sites is 2. The Bertz CT molecular complexity index is 1100. The zero-order valence-corrected chi connectivity index (χ0v) is 17.2. The van der Waals surface area contributed by atoms with Crippen LogP contribution in [0.25, 0.3) is 10.9 Å².